The maximum absolute atomic E-state index is 11.8. The Morgan fingerprint density at radius 1 is 1.18 bits per heavy atom. The van der Waals surface area contributed by atoms with E-state index in [2.05, 4.69) is 5.32 Å². The number of carbonyl (C=O) groups is 2. The zero-order valence-electron chi connectivity index (χ0n) is 10.2. The van der Waals surface area contributed by atoms with E-state index in [1.54, 1.807) is 0 Å². The molecule has 0 aromatic rings. The first kappa shape index (κ1) is 13.7. The smallest absolute Gasteiger partial charge is 0.305 e. The minimum atomic E-state index is -0.881. The molecule has 0 unspecified atom stereocenters. The Bertz CT molecular complexity index is 297. The highest BCUT2D eigenvalue weighted by molar-refractivity contribution is 5.93. The van der Waals surface area contributed by atoms with Crippen LogP contribution in [0.15, 0.2) is 11.6 Å². The van der Waals surface area contributed by atoms with E-state index in [-0.39, 0.29) is 18.9 Å². The van der Waals surface area contributed by atoms with Gasteiger partial charge in [0, 0.05) is 12.1 Å². The van der Waals surface area contributed by atoms with Crippen molar-refractivity contribution in [3.8, 4) is 0 Å². The van der Waals surface area contributed by atoms with Gasteiger partial charge in [0.05, 0.1) is 6.42 Å². The van der Waals surface area contributed by atoms with Crippen LogP contribution in [0.1, 0.15) is 51.4 Å². The van der Waals surface area contributed by atoms with Crippen LogP contribution in [0, 0.1) is 0 Å². The summed E-state index contributed by atoms with van der Waals surface area (Å²) >= 11 is 0. The Hall–Kier alpha value is -1.32. The third-order valence-corrected chi connectivity index (χ3v) is 2.96. The molecule has 0 saturated heterocycles. The van der Waals surface area contributed by atoms with Crippen LogP contribution in [0.25, 0.3) is 0 Å². The molecule has 0 atom stereocenters. The maximum atomic E-state index is 11.8. The van der Waals surface area contributed by atoms with Crippen LogP contribution in [0.4, 0.5) is 0 Å². The van der Waals surface area contributed by atoms with Gasteiger partial charge in [-0.2, -0.15) is 0 Å². The molecular weight excluding hydrogens is 218 g/mol. The average molecular weight is 239 g/mol. The lowest BCUT2D eigenvalue weighted by molar-refractivity contribution is -0.136. The molecule has 4 heteroatoms. The summed E-state index contributed by atoms with van der Waals surface area (Å²) in [6, 6.07) is 0. The Morgan fingerprint density at radius 3 is 2.65 bits per heavy atom. The van der Waals surface area contributed by atoms with E-state index in [1.807, 2.05) is 6.08 Å². The highest BCUT2D eigenvalue weighted by Crippen LogP contribution is 2.16. The van der Waals surface area contributed by atoms with Crippen molar-refractivity contribution >= 4 is 11.9 Å². The summed E-state index contributed by atoms with van der Waals surface area (Å²) < 4.78 is 0. The molecule has 0 saturated carbocycles. The summed E-state index contributed by atoms with van der Waals surface area (Å²) in [6.45, 7) is 0.214. The SMILES string of the molecule is O=C(O)CCNC(=O)/C1=C/CCCCCCC1. The Kier molecular flexibility index (Phi) is 6.37. The van der Waals surface area contributed by atoms with Crippen molar-refractivity contribution < 1.29 is 14.7 Å². The molecule has 96 valence electrons. The first-order valence-corrected chi connectivity index (χ1v) is 6.39. The first-order chi connectivity index (χ1) is 8.20. The topological polar surface area (TPSA) is 66.4 Å². The van der Waals surface area contributed by atoms with Crippen molar-refractivity contribution in [2.75, 3.05) is 6.54 Å². The van der Waals surface area contributed by atoms with Crippen LogP contribution in [0.2, 0.25) is 0 Å². The number of rotatable bonds is 4. The largest absolute Gasteiger partial charge is 0.481 e. The first-order valence-electron chi connectivity index (χ1n) is 6.39. The summed E-state index contributed by atoms with van der Waals surface area (Å²) in [5.41, 5.74) is 0.831. The maximum Gasteiger partial charge on any atom is 0.305 e. The van der Waals surface area contributed by atoms with Gasteiger partial charge < -0.3 is 10.4 Å². The van der Waals surface area contributed by atoms with Gasteiger partial charge in [0.25, 0.3) is 0 Å². The molecule has 0 spiro atoms. The second kappa shape index (κ2) is 7.87. The molecule has 4 nitrogen and oxygen atoms in total. The number of nitrogens with one attached hydrogen (secondary N) is 1. The Balaban J connectivity index is 2.38. The molecule has 0 bridgehead atoms. The van der Waals surface area contributed by atoms with E-state index in [9.17, 15) is 9.59 Å². The summed E-state index contributed by atoms with van der Waals surface area (Å²) in [5, 5.41) is 11.2. The van der Waals surface area contributed by atoms with Crippen LogP contribution in [0.3, 0.4) is 0 Å². The van der Waals surface area contributed by atoms with Gasteiger partial charge in [0.15, 0.2) is 0 Å². The molecular formula is C13H21NO3. The molecule has 1 amide bonds. The molecule has 17 heavy (non-hydrogen) atoms. The number of allylic oxidation sites excluding steroid dienone is 1. The van der Waals surface area contributed by atoms with Crippen molar-refractivity contribution in [2.24, 2.45) is 0 Å². The summed E-state index contributed by atoms with van der Waals surface area (Å²) in [7, 11) is 0. The van der Waals surface area contributed by atoms with Gasteiger partial charge in [-0.25, -0.2) is 0 Å². The van der Waals surface area contributed by atoms with Crippen LogP contribution in [-0.2, 0) is 9.59 Å². The molecule has 2 N–H and O–H groups in total. The fourth-order valence-electron chi connectivity index (χ4n) is 1.97. The number of hydrogen-bond acceptors (Lipinski definition) is 2. The van der Waals surface area contributed by atoms with Gasteiger partial charge in [0.1, 0.15) is 0 Å². The number of hydrogen-bond donors (Lipinski definition) is 2. The Labute approximate surface area is 102 Å². The van der Waals surface area contributed by atoms with Crippen molar-refractivity contribution in [3.63, 3.8) is 0 Å². The van der Waals surface area contributed by atoms with Crippen molar-refractivity contribution in [1.29, 1.82) is 0 Å². The minimum Gasteiger partial charge on any atom is -0.481 e. The number of aliphatic carboxylic acids is 1. The van der Waals surface area contributed by atoms with E-state index >= 15 is 0 Å². The lowest BCUT2D eigenvalue weighted by Crippen LogP contribution is -2.27. The average Bonchev–Trinajstić information content (AvgIpc) is 2.41. The van der Waals surface area contributed by atoms with Crippen LogP contribution in [0.5, 0.6) is 0 Å². The molecule has 1 aliphatic rings. The fraction of sp³-hybridized carbons (Fsp3) is 0.692. The molecule has 0 radical (unpaired) electrons. The molecule has 0 aromatic carbocycles. The minimum absolute atomic E-state index is 0.0149. The second-order valence-corrected chi connectivity index (χ2v) is 4.44. The third-order valence-electron chi connectivity index (χ3n) is 2.96. The number of carbonyl (C=O) groups excluding carboxylic acids is 1. The lowest BCUT2D eigenvalue weighted by atomic mass is 10.1. The predicted molar refractivity (Wildman–Crippen MR) is 65.7 cm³/mol. The third kappa shape index (κ3) is 6.09. The van der Waals surface area contributed by atoms with Crippen LogP contribution >= 0.6 is 0 Å². The van der Waals surface area contributed by atoms with E-state index in [1.165, 1.54) is 19.3 Å². The predicted octanol–water partition coefficient (Wildman–Crippen LogP) is 2.25. The summed E-state index contributed by atoms with van der Waals surface area (Å²) in [5.74, 6) is -0.970. The molecule has 0 heterocycles. The molecule has 0 fully saturated rings. The summed E-state index contributed by atoms with van der Waals surface area (Å²) in [4.78, 5) is 22.1. The van der Waals surface area contributed by atoms with Crippen molar-refractivity contribution in [2.45, 2.75) is 51.4 Å². The number of carboxylic acids is 1. The lowest BCUT2D eigenvalue weighted by Gasteiger charge is -2.07. The molecule has 1 rings (SSSR count). The molecule has 0 aliphatic heterocycles. The highest BCUT2D eigenvalue weighted by Gasteiger charge is 2.10. The van der Waals surface area contributed by atoms with Crippen molar-refractivity contribution in [3.05, 3.63) is 11.6 Å². The molecule has 0 aromatic heterocycles. The summed E-state index contributed by atoms with van der Waals surface area (Å²) in [6.07, 6.45) is 9.65. The molecule has 1 aliphatic carbocycles. The number of amides is 1. The quantitative estimate of drug-likeness (QED) is 0.790. The Morgan fingerprint density at radius 2 is 1.88 bits per heavy atom. The number of carboxylic acid groups (broad SMARTS) is 1. The second-order valence-electron chi connectivity index (χ2n) is 4.44. The van der Waals surface area contributed by atoms with E-state index in [4.69, 9.17) is 5.11 Å². The highest BCUT2D eigenvalue weighted by atomic mass is 16.4. The van der Waals surface area contributed by atoms with E-state index in [0.717, 1.165) is 31.3 Å². The van der Waals surface area contributed by atoms with Gasteiger partial charge in [-0.1, -0.05) is 25.3 Å². The zero-order valence-corrected chi connectivity index (χ0v) is 10.2. The van der Waals surface area contributed by atoms with Crippen LogP contribution < -0.4 is 5.32 Å². The standard InChI is InChI=1S/C13H21NO3/c15-12(16)9-10-14-13(17)11-7-5-3-1-2-4-6-8-11/h7H,1-6,8-10H2,(H,14,17)(H,15,16)/b11-7+. The van der Waals surface area contributed by atoms with Gasteiger partial charge >= 0.3 is 5.97 Å². The zero-order chi connectivity index (χ0) is 12.5. The van der Waals surface area contributed by atoms with Crippen LogP contribution in [-0.4, -0.2) is 23.5 Å². The van der Waals surface area contributed by atoms with Gasteiger partial charge in [-0.05, 0) is 25.7 Å². The fourth-order valence-corrected chi connectivity index (χ4v) is 1.97. The monoisotopic (exact) mass is 239 g/mol. The van der Waals surface area contributed by atoms with Gasteiger partial charge in [-0.15, -0.1) is 0 Å². The van der Waals surface area contributed by atoms with E-state index in [0.29, 0.717) is 0 Å². The van der Waals surface area contributed by atoms with Gasteiger partial charge in [0.2, 0.25) is 5.91 Å². The van der Waals surface area contributed by atoms with E-state index < -0.39 is 5.97 Å². The van der Waals surface area contributed by atoms with Crippen molar-refractivity contribution in [1.82, 2.24) is 5.32 Å². The van der Waals surface area contributed by atoms with Gasteiger partial charge in [-0.3, -0.25) is 9.59 Å². The normalized spacial score (nSPS) is 20.4.